The summed E-state index contributed by atoms with van der Waals surface area (Å²) in [5.41, 5.74) is -0.359. The second-order valence-electron chi connectivity index (χ2n) is 9.62. The SMILES string of the molecule is CC(C)(C)NC(=O)NCC1CC(CNC(=O)NC(C)(C)C)C1(C)C. The first-order valence-corrected chi connectivity index (χ1v) is 8.83. The Bertz CT molecular complexity index is 421. The summed E-state index contributed by atoms with van der Waals surface area (Å²) < 4.78 is 0. The normalized spacial score (nSPS) is 23.0. The third-order valence-electron chi connectivity index (χ3n) is 4.67. The summed E-state index contributed by atoms with van der Waals surface area (Å²) in [7, 11) is 0. The minimum Gasteiger partial charge on any atom is -0.338 e. The molecule has 1 fully saturated rings. The van der Waals surface area contributed by atoms with E-state index in [1.165, 1.54) is 0 Å². The Balaban J connectivity index is 2.35. The lowest BCUT2D eigenvalue weighted by atomic mass is 9.54. The van der Waals surface area contributed by atoms with E-state index in [1.54, 1.807) is 0 Å². The Labute approximate surface area is 146 Å². The molecule has 24 heavy (non-hydrogen) atoms. The van der Waals surface area contributed by atoms with Crippen LogP contribution in [0.4, 0.5) is 9.59 Å². The molecule has 1 aliphatic carbocycles. The highest BCUT2D eigenvalue weighted by atomic mass is 16.2. The van der Waals surface area contributed by atoms with Crippen molar-refractivity contribution in [1.29, 1.82) is 0 Å². The van der Waals surface area contributed by atoms with E-state index in [-0.39, 0.29) is 28.6 Å². The van der Waals surface area contributed by atoms with Crippen molar-refractivity contribution < 1.29 is 9.59 Å². The summed E-state index contributed by atoms with van der Waals surface area (Å²) in [4.78, 5) is 23.7. The zero-order valence-corrected chi connectivity index (χ0v) is 16.6. The smallest absolute Gasteiger partial charge is 0.315 e. The first-order valence-electron chi connectivity index (χ1n) is 8.83. The van der Waals surface area contributed by atoms with E-state index in [4.69, 9.17) is 0 Å². The number of nitrogens with one attached hydrogen (secondary N) is 4. The summed E-state index contributed by atoms with van der Waals surface area (Å²) in [5.74, 6) is 0.862. The van der Waals surface area contributed by atoms with Crippen molar-refractivity contribution in [3.05, 3.63) is 0 Å². The molecule has 0 saturated heterocycles. The second kappa shape index (κ2) is 7.19. The van der Waals surface area contributed by atoms with Crippen molar-refractivity contribution >= 4 is 12.1 Å². The molecule has 0 spiro atoms. The number of amides is 4. The predicted molar refractivity (Wildman–Crippen MR) is 98.0 cm³/mol. The van der Waals surface area contributed by atoms with E-state index in [9.17, 15) is 9.59 Å². The molecule has 4 amide bonds. The van der Waals surface area contributed by atoms with Crippen molar-refractivity contribution in [2.45, 2.75) is 72.9 Å². The lowest BCUT2D eigenvalue weighted by molar-refractivity contribution is -0.0148. The number of carbonyl (C=O) groups excluding carboxylic acids is 2. The van der Waals surface area contributed by atoms with E-state index in [2.05, 4.69) is 35.1 Å². The average molecular weight is 341 g/mol. The van der Waals surface area contributed by atoms with Crippen LogP contribution in [-0.4, -0.2) is 36.2 Å². The summed E-state index contributed by atoms with van der Waals surface area (Å²) >= 11 is 0. The van der Waals surface area contributed by atoms with E-state index in [0.29, 0.717) is 24.9 Å². The van der Waals surface area contributed by atoms with Gasteiger partial charge >= 0.3 is 12.1 Å². The Morgan fingerprint density at radius 1 is 0.833 bits per heavy atom. The molecular weight excluding hydrogens is 304 g/mol. The summed E-state index contributed by atoms with van der Waals surface area (Å²) in [5, 5.41) is 11.7. The minimum absolute atomic E-state index is 0.101. The van der Waals surface area contributed by atoms with Crippen LogP contribution in [0.1, 0.15) is 61.8 Å². The van der Waals surface area contributed by atoms with Crippen molar-refractivity contribution in [3.63, 3.8) is 0 Å². The van der Waals surface area contributed by atoms with Crippen LogP contribution in [0.25, 0.3) is 0 Å². The molecule has 0 radical (unpaired) electrons. The molecule has 6 nitrogen and oxygen atoms in total. The third-order valence-corrected chi connectivity index (χ3v) is 4.67. The monoisotopic (exact) mass is 340 g/mol. The predicted octanol–water partition coefficient (Wildman–Crippen LogP) is 2.84. The van der Waals surface area contributed by atoms with Crippen molar-refractivity contribution in [3.8, 4) is 0 Å². The van der Waals surface area contributed by atoms with Gasteiger partial charge in [0.05, 0.1) is 0 Å². The Morgan fingerprint density at radius 3 is 1.42 bits per heavy atom. The van der Waals surface area contributed by atoms with Gasteiger partial charge in [0.25, 0.3) is 0 Å². The van der Waals surface area contributed by atoms with Gasteiger partial charge in [-0.05, 0) is 65.2 Å². The largest absolute Gasteiger partial charge is 0.338 e. The number of hydrogen-bond acceptors (Lipinski definition) is 2. The minimum atomic E-state index is -0.230. The summed E-state index contributed by atoms with van der Waals surface area (Å²) in [6.07, 6.45) is 1.01. The Kier molecular flexibility index (Phi) is 6.17. The van der Waals surface area contributed by atoms with Gasteiger partial charge in [0, 0.05) is 24.2 Å². The Hall–Kier alpha value is -1.46. The van der Waals surface area contributed by atoms with E-state index < -0.39 is 0 Å². The van der Waals surface area contributed by atoms with Gasteiger partial charge in [-0.3, -0.25) is 0 Å². The highest BCUT2D eigenvalue weighted by molar-refractivity contribution is 5.75. The molecule has 4 N–H and O–H groups in total. The molecule has 140 valence electrons. The standard InChI is InChI=1S/C18H36N4O2/c1-16(2,3)21-14(23)19-10-12-9-13(18(12,7)8)11-20-15(24)22-17(4,5)6/h12-13H,9-11H2,1-8H3,(H2,19,21,23)(H2,20,22,24). The number of hydrogen-bond donors (Lipinski definition) is 4. The zero-order chi connectivity index (χ0) is 18.8. The molecule has 6 heteroatoms. The molecule has 0 aromatic heterocycles. The lowest BCUT2D eigenvalue weighted by Crippen LogP contribution is -2.56. The molecule has 0 aromatic rings. The number of urea groups is 2. The van der Waals surface area contributed by atoms with Crippen LogP contribution in [-0.2, 0) is 0 Å². The molecule has 0 heterocycles. The zero-order valence-electron chi connectivity index (χ0n) is 16.6. The van der Waals surface area contributed by atoms with E-state index >= 15 is 0 Å². The maximum Gasteiger partial charge on any atom is 0.315 e. The van der Waals surface area contributed by atoms with Crippen molar-refractivity contribution in [1.82, 2.24) is 21.3 Å². The van der Waals surface area contributed by atoms with Crippen LogP contribution in [0, 0.1) is 17.3 Å². The third kappa shape index (κ3) is 6.57. The topological polar surface area (TPSA) is 82.3 Å². The number of rotatable bonds is 4. The summed E-state index contributed by atoms with van der Waals surface area (Å²) in [6, 6.07) is -0.242. The average Bonchev–Trinajstić information content (AvgIpc) is 2.32. The first-order chi connectivity index (χ1) is 10.7. The highest BCUT2D eigenvalue weighted by Crippen LogP contribution is 2.50. The van der Waals surface area contributed by atoms with Gasteiger partial charge in [-0.2, -0.15) is 0 Å². The van der Waals surface area contributed by atoms with Crippen LogP contribution in [0.2, 0.25) is 0 Å². The van der Waals surface area contributed by atoms with E-state index in [1.807, 2.05) is 41.5 Å². The second-order valence-corrected chi connectivity index (χ2v) is 9.62. The van der Waals surface area contributed by atoms with Crippen LogP contribution in [0.5, 0.6) is 0 Å². The van der Waals surface area contributed by atoms with Crippen LogP contribution in [0.15, 0.2) is 0 Å². The lowest BCUT2D eigenvalue weighted by Gasteiger charge is -2.52. The molecule has 2 unspecified atom stereocenters. The van der Waals surface area contributed by atoms with Gasteiger partial charge in [0.2, 0.25) is 0 Å². The van der Waals surface area contributed by atoms with E-state index in [0.717, 1.165) is 6.42 Å². The van der Waals surface area contributed by atoms with Gasteiger partial charge in [0.15, 0.2) is 0 Å². The molecule has 1 aliphatic rings. The molecular formula is C18H36N4O2. The molecule has 0 bridgehead atoms. The molecule has 0 aliphatic heterocycles. The van der Waals surface area contributed by atoms with Crippen molar-refractivity contribution in [2.75, 3.05) is 13.1 Å². The molecule has 0 aromatic carbocycles. The first kappa shape index (κ1) is 20.6. The van der Waals surface area contributed by atoms with Gasteiger partial charge in [-0.15, -0.1) is 0 Å². The van der Waals surface area contributed by atoms with Gasteiger partial charge in [-0.1, -0.05) is 13.8 Å². The molecule has 1 rings (SSSR count). The fourth-order valence-corrected chi connectivity index (χ4v) is 3.02. The maximum absolute atomic E-state index is 11.9. The van der Waals surface area contributed by atoms with Gasteiger partial charge in [0.1, 0.15) is 0 Å². The summed E-state index contributed by atoms with van der Waals surface area (Å²) in [6.45, 7) is 17.5. The van der Waals surface area contributed by atoms with Crippen molar-refractivity contribution in [2.24, 2.45) is 17.3 Å². The fraction of sp³-hybridized carbons (Fsp3) is 0.889. The molecule has 1 saturated carbocycles. The van der Waals surface area contributed by atoms with Gasteiger partial charge in [-0.25, -0.2) is 9.59 Å². The van der Waals surface area contributed by atoms with Gasteiger partial charge < -0.3 is 21.3 Å². The van der Waals surface area contributed by atoms with Crippen LogP contribution in [0.3, 0.4) is 0 Å². The fourth-order valence-electron chi connectivity index (χ4n) is 3.02. The number of carbonyl (C=O) groups is 2. The van der Waals surface area contributed by atoms with Crippen LogP contribution >= 0.6 is 0 Å². The molecule has 2 atom stereocenters. The van der Waals surface area contributed by atoms with Crippen LogP contribution < -0.4 is 21.3 Å². The maximum atomic E-state index is 11.9. The Morgan fingerprint density at radius 2 is 1.17 bits per heavy atom. The quantitative estimate of drug-likeness (QED) is 0.635. The highest BCUT2D eigenvalue weighted by Gasteiger charge is 2.47.